The summed E-state index contributed by atoms with van der Waals surface area (Å²) in [5, 5.41) is 12.1. The van der Waals surface area contributed by atoms with Gasteiger partial charge in [-0.05, 0) is 50.4 Å². The van der Waals surface area contributed by atoms with Gasteiger partial charge in [0.1, 0.15) is 12.4 Å². The summed E-state index contributed by atoms with van der Waals surface area (Å²) >= 11 is 0. The Labute approximate surface area is 213 Å². The summed E-state index contributed by atoms with van der Waals surface area (Å²) in [7, 11) is 2.18. The third kappa shape index (κ3) is 4.39. The van der Waals surface area contributed by atoms with Crippen molar-refractivity contribution in [3.63, 3.8) is 0 Å². The van der Waals surface area contributed by atoms with Gasteiger partial charge in [0, 0.05) is 49.7 Å². The molecule has 0 spiro atoms. The van der Waals surface area contributed by atoms with E-state index in [1.165, 1.54) is 35.0 Å². The minimum Gasteiger partial charge on any atom is -0.462 e. The highest BCUT2D eigenvalue weighted by Gasteiger charge is 2.29. The van der Waals surface area contributed by atoms with Crippen LogP contribution in [0.4, 0.5) is 11.5 Å². The van der Waals surface area contributed by atoms with Gasteiger partial charge in [-0.1, -0.05) is 19.9 Å². The fourth-order valence-corrected chi connectivity index (χ4v) is 5.98. The monoisotopic (exact) mass is 490 g/mol. The Balaban J connectivity index is 1.35. The lowest BCUT2D eigenvalue weighted by molar-refractivity contribution is 0.187. The number of ether oxygens (including phenoxy) is 1. The highest BCUT2D eigenvalue weighted by molar-refractivity contribution is 5.93. The first-order valence-corrected chi connectivity index (χ1v) is 13.5. The molecule has 1 atom stereocenters. The van der Waals surface area contributed by atoms with Crippen LogP contribution < -0.4 is 19.9 Å². The number of hydrogen-bond donors (Lipinski definition) is 2. The van der Waals surface area contributed by atoms with Crippen molar-refractivity contribution >= 4 is 22.4 Å². The molecule has 9 heteroatoms. The number of fused-ring (bicyclic) bond motifs is 2. The Morgan fingerprint density at radius 1 is 1.08 bits per heavy atom. The topological polar surface area (TPSA) is 85.4 Å². The molecule has 0 saturated carbocycles. The zero-order valence-corrected chi connectivity index (χ0v) is 21.8. The van der Waals surface area contributed by atoms with E-state index in [4.69, 9.17) is 14.7 Å². The molecule has 0 radical (unpaired) electrons. The Hall–Kier alpha value is -2.91. The Kier molecular flexibility index (Phi) is 6.43. The van der Waals surface area contributed by atoms with E-state index >= 15 is 0 Å². The van der Waals surface area contributed by atoms with Crippen LogP contribution in [0.25, 0.3) is 10.9 Å². The van der Waals surface area contributed by atoms with E-state index in [0.717, 1.165) is 69.3 Å². The molecule has 0 aliphatic carbocycles. The second kappa shape index (κ2) is 9.86. The molecular weight excluding hydrogens is 452 g/mol. The fraction of sp³-hybridized carbons (Fsp3) is 0.593. The largest absolute Gasteiger partial charge is 0.462 e. The summed E-state index contributed by atoms with van der Waals surface area (Å²) in [5.74, 6) is 1.49. The van der Waals surface area contributed by atoms with E-state index in [2.05, 4.69) is 63.2 Å². The van der Waals surface area contributed by atoms with Crippen LogP contribution in [0.2, 0.25) is 0 Å². The summed E-state index contributed by atoms with van der Waals surface area (Å²) in [6.45, 7) is 11.9. The molecule has 3 aliphatic rings. The average Bonchev–Trinajstić information content (AvgIpc) is 3.55. The Morgan fingerprint density at radius 2 is 1.94 bits per heavy atom. The van der Waals surface area contributed by atoms with Gasteiger partial charge >= 0.3 is 6.01 Å². The molecule has 2 fully saturated rings. The van der Waals surface area contributed by atoms with E-state index in [-0.39, 0.29) is 0 Å². The fourth-order valence-electron chi connectivity index (χ4n) is 5.98. The van der Waals surface area contributed by atoms with E-state index in [1.54, 1.807) is 0 Å². The number of anilines is 2. The molecule has 3 aromatic rings. The molecule has 192 valence electrons. The van der Waals surface area contributed by atoms with Gasteiger partial charge in [0.05, 0.1) is 29.6 Å². The van der Waals surface area contributed by atoms with Crippen LogP contribution in [0.3, 0.4) is 0 Å². The van der Waals surface area contributed by atoms with Crippen molar-refractivity contribution < 1.29 is 4.74 Å². The maximum absolute atomic E-state index is 6.28. The van der Waals surface area contributed by atoms with Crippen LogP contribution in [-0.4, -0.2) is 84.0 Å². The van der Waals surface area contributed by atoms with Gasteiger partial charge in [-0.25, -0.2) is 0 Å². The van der Waals surface area contributed by atoms with Crippen LogP contribution in [0.15, 0.2) is 18.3 Å². The van der Waals surface area contributed by atoms with Crippen molar-refractivity contribution in [3.05, 3.63) is 35.2 Å². The molecule has 9 nitrogen and oxygen atoms in total. The van der Waals surface area contributed by atoms with Crippen LogP contribution in [0, 0.1) is 0 Å². The molecule has 6 rings (SSSR count). The smallest absolute Gasteiger partial charge is 0.318 e. The molecule has 0 bridgehead atoms. The minimum atomic E-state index is 0.421. The number of H-pyrrole nitrogens is 1. The maximum atomic E-state index is 6.28. The predicted molar refractivity (Wildman–Crippen MR) is 143 cm³/mol. The van der Waals surface area contributed by atoms with Gasteiger partial charge in [0.2, 0.25) is 0 Å². The quantitative estimate of drug-likeness (QED) is 0.546. The highest BCUT2D eigenvalue weighted by atomic mass is 16.5. The first-order chi connectivity index (χ1) is 17.6. The summed E-state index contributed by atoms with van der Waals surface area (Å²) in [6, 6.07) is 5.36. The molecule has 5 heterocycles. The van der Waals surface area contributed by atoms with Crippen molar-refractivity contribution in [3.8, 4) is 6.01 Å². The first kappa shape index (κ1) is 23.5. The number of aromatic nitrogens is 4. The van der Waals surface area contributed by atoms with Gasteiger partial charge < -0.3 is 24.8 Å². The van der Waals surface area contributed by atoms with Gasteiger partial charge in [-0.2, -0.15) is 15.1 Å². The lowest BCUT2D eigenvalue weighted by atomic mass is 9.96. The minimum absolute atomic E-state index is 0.421. The number of benzene rings is 1. The van der Waals surface area contributed by atoms with Crippen molar-refractivity contribution in [2.45, 2.75) is 51.6 Å². The molecule has 2 N–H and O–H groups in total. The third-order valence-electron chi connectivity index (χ3n) is 8.08. The normalized spacial score (nSPS) is 20.9. The SMILES string of the molecule is CC(C)c1ccc2[nH]ncc2c1N1CCc2c(nc(OC[C@@H]3CCCN3C)nc2N2CCNCC2)C1. The van der Waals surface area contributed by atoms with Crippen molar-refractivity contribution in [1.82, 2.24) is 30.4 Å². The second-order valence-corrected chi connectivity index (χ2v) is 10.7. The van der Waals surface area contributed by atoms with Crippen LogP contribution in [0.1, 0.15) is 49.4 Å². The first-order valence-electron chi connectivity index (χ1n) is 13.5. The lowest BCUT2D eigenvalue weighted by Gasteiger charge is -2.36. The zero-order chi connectivity index (χ0) is 24.6. The number of piperazine rings is 1. The standard InChI is InChI=1S/C27H38N8O/c1-18(2)20-6-7-23-22(15-29-32-23)25(20)35-12-8-21-24(16-35)30-27(36-17-19-5-4-11-33(19)3)31-26(21)34-13-9-28-10-14-34/h6-7,15,18-19,28H,4-5,8-14,16-17H2,1-3H3,(H,29,32)/t19-/m0/s1. The molecule has 36 heavy (non-hydrogen) atoms. The lowest BCUT2D eigenvalue weighted by Crippen LogP contribution is -2.45. The third-order valence-corrected chi connectivity index (χ3v) is 8.08. The van der Waals surface area contributed by atoms with Gasteiger partial charge in [0.25, 0.3) is 0 Å². The predicted octanol–water partition coefficient (Wildman–Crippen LogP) is 2.92. The highest BCUT2D eigenvalue weighted by Crippen LogP contribution is 2.38. The van der Waals surface area contributed by atoms with E-state index in [9.17, 15) is 0 Å². The van der Waals surface area contributed by atoms with E-state index in [1.807, 2.05) is 6.20 Å². The van der Waals surface area contributed by atoms with Crippen molar-refractivity contribution in [1.29, 1.82) is 0 Å². The van der Waals surface area contributed by atoms with Crippen LogP contribution in [0.5, 0.6) is 6.01 Å². The van der Waals surface area contributed by atoms with E-state index < -0.39 is 0 Å². The van der Waals surface area contributed by atoms with Gasteiger partial charge in [-0.15, -0.1) is 0 Å². The molecule has 3 aliphatic heterocycles. The Morgan fingerprint density at radius 3 is 2.72 bits per heavy atom. The van der Waals surface area contributed by atoms with Crippen molar-refractivity contribution in [2.24, 2.45) is 0 Å². The van der Waals surface area contributed by atoms with Crippen LogP contribution >= 0.6 is 0 Å². The van der Waals surface area contributed by atoms with Gasteiger partial charge in [-0.3, -0.25) is 5.10 Å². The molecule has 2 aromatic heterocycles. The zero-order valence-electron chi connectivity index (χ0n) is 21.8. The van der Waals surface area contributed by atoms with Crippen molar-refractivity contribution in [2.75, 3.05) is 62.7 Å². The number of aromatic amines is 1. The molecule has 2 saturated heterocycles. The number of hydrogen-bond acceptors (Lipinski definition) is 8. The molecule has 1 aromatic carbocycles. The number of rotatable bonds is 6. The summed E-state index contributed by atoms with van der Waals surface area (Å²) in [4.78, 5) is 17.3. The molecule has 0 amide bonds. The van der Waals surface area contributed by atoms with E-state index in [0.29, 0.717) is 24.6 Å². The average molecular weight is 491 g/mol. The number of likely N-dealkylation sites (N-methyl/N-ethyl adjacent to an activating group) is 1. The second-order valence-electron chi connectivity index (χ2n) is 10.7. The number of likely N-dealkylation sites (tertiary alicyclic amines) is 1. The summed E-state index contributed by atoms with van der Waals surface area (Å²) in [6.07, 6.45) is 5.29. The molecule has 0 unspecified atom stereocenters. The number of nitrogens with zero attached hydrogens (tertiary/aromatic N) is 6. The summed E-state index contributed by atoms with van der Waals surface area (Å²) in [5.41, 5.74) is 6.08. The Bertz CT molecular complexity index is 1220. The molecular formula is C27H38N8O. The van der Waals surface area contributed by atoms with Gasteiger partial charge in [0.15, 0.2) is 0 Å². The number of nitrogens with one attached hydrogen (secondary N) is 2. The summed E-state index contributed by atoms with van der Waals surface area (Å²) < 4.78 is 6.28. The van der Waals surface area contributed by atoms with Crippen LogP contribution in [-0.2, 0) is 13.0 Å². The maximum Gasteiger partial charge on any atom is 0.318 e.